The van der Waals surface area contributed by atoms with Gasteiger partial charge in [0.15, 0.2) is 0 Å². The predicted octanol–water partition coefficient (Wildman–Crippen LogP) is 0.198. The van der Waals surface area contributed by atoms with Crippen molar-refractivity contribution in [2.45, 2.75) is 32.2 Å². The second kappa shape index (κ2) is 6.83. The zero-order valence-corrected chi connectivity index (χ0v) is 10.3. The first-order valence-electron chi connectivity index (χ1n) is 5.96. The molecule has 2 N–H and O–H groups in total. The fourth-order valence-corrected chi connectivity index (χ4v) is 1.98. The Morgan fingerprint density at radius 3 is 2.78 bits per heavy atom. The number of esters is 1. The van der Waals surface area contributed by atoms with Crippen molar-refractivity contribution in [3.05, 3.63) is 0 Å². The summed E-state index contributed by atoms with van der Waals surface area (Å²) in [6.45, 7) is 2.28. The second-order valence-corrected chi connectivity index (χ2v) is 4.05. The van der Waals surface area contributed by atoms with Crippen molar-refractivity contribution < 1.29 is 24.2 Å². The number of hydrogen-bond acceptors (Lipinski definition) is 4. The van der Waals surface area contributed by atoms with E-state index in [0.29, 0.717) is 13.0 Å². The van der Waals surface area contributed by atoms with Crippen LogP contribution in [0.4, 0.5) is 4.79 Å². The van der Waals surface area contributed by atoms with Crippen LogP contribution in [0, 0.1) is 0 Å². The molecule has 0 radical (unpaired) electrons. The van der Waals surface area contributed by atoms with Crippen molar-refractivity contribution in [1.29, 1.82) is 0 Å². The number of carboxylic acids is 1. The molecule has 0 spiro atoms. The molecule has 1 saturated heterocycles. The van der Waals surface area contributed by atoms with Crippen molar-refractivity contribution in [2.75, 3.05) is 19.7 Å². The zero-order chi connectivity index (χ0) is 13.5. The molecule has 1 rings (SSSR count). The zero-order valence-electron chi connectivity index (χ0n) is 10.3. The number of carbonyl (C=O) groups is 3. The third-order valence-electron chi connectivity index (χ3n) is 2.74. The Balaban J connectivity index is 2.40. The summed E-state index contributed by atoms with van der Waals surface area (Å²) in [5.41, 5.74) is 0. The molecule has 1 atom stereocenters. The average molecular weight is 258 g/mol. The van der Waals surface area contributed by atoms with Gasteiger partial charge in [-0.2, -0.15) is 0 Å². The lowest BCUT2D eigenvalue weighted by atomic mass is 10.1. The number of urea groups is 1. The van der Waals surface area contributed by atoms with Crippen molar-refractivity contribution in [3.8, 4) is 0 Å². The monoisotopic (exact) mass is 258 g/mol. The van der Waals surface area contributed by atoms with Gasteiger partial charge >= 0.3 is 18.0 Å². The highest BCUT2D eigenvalue weighted by Crippen LogP contribution is 2.19. The average Bonchev–Trinajstić information content (AvgIpc) is 2.73. The van der Waals surface area contributed by atoms with E-state index in [9.17, 15) is 14.4 Å². The Morgan fingerprint density at radius 1 is 1.44 bits per heavy atom. The maximum atomic E-state index is 11.8. The van der Waals surface area contributed by atoms with E-state index in [2.05, 4.69) is 10.1 Å². The summed E-state index contributed by atoms with van der Waals surface area (Å²) >= 11 is 0. The molecule has 1 heterocycles. The van der Waals surface area contributed by atoms with Crippen molar-refractivity contribution in [3.63, 3.8) is 0 Å². The van der Waals surface area contributed by atoms with Crippen LogP contribution in [0.5, 0.6) is 0 Å². The second-order valence-electron chi connectivity index (χ2n) is 4.05. The van der Waals surface area contributed by atoms with E-state index in [1.807, 2.05) is 0 Å². The first kappa shape index (κ1) is 14.3. The molecule has 0 aromatic carbocycles. The van der Waals surface area contributed by atoms with Gasteiger partial charge in [0.1, 0.15) is 6.54 Å². The quantitative estimate of drug-likeness (QED) is 0.687. The number of likely N-dealkylation sites (tertiary alicyclic amines) is 1. The highest BCUT2D eigenvalue weighted by atomic mass is 16.5. The fraction of sp³-hybridized carbons (Fsp3) is 0.727. The molecule has 7 nitrogen and oxygen atoms in total. The van der Waals surface area contributed by atoms with Gasteiger partial charge in [0.25, 0.3) is 0 Å². The third kappa shape index (κ3) is 4.23. The fourth-order valence-electron chi connectivity index (χ4n) is 1.98. The summed E-state index contributed by atoms with van der Waals surface area (Å²) in [7, 11) is 0. The van der Waals surface area contributed by atoms with Crippen LogP contribution in [-0.4, -0.2) is 53.7 Å². The summed E-state index contributed by atoms with van der Waals surface area (Å²) in [6, 6.07) is -0.698. The van der Waals surface area contributed by atoms with E-state index < -0.39 is 18.0 Å². The maximum absolute atomic E-state index is 11.8. The number of carbonyl (C=O) groups excluding carboxylic acids is 2. The van der Waals surface area contributed by atoms with Crippen LogP contribution >= 0.6 is 0 Å². The van der Waals surface area contributed by atoms with E-state index in [-0.39, 0.29) is 25.6 Å². The van der Waals surface area contributed by atoms with Crippen molar-refractivity contribution in [1.82, 2.24) is 10.2 Å². The Labute approximate surface area is 105 Å². The van der Waals surface area contributed by atoms with E-state index in [1.54, 1.807) is 6.92 Å². The number of aliphatic carboxylic acids is 1. The molecule has 2 amide bonds. The Bertz CT molecular complexity index is 331. The molecule has 1 aliphatic rings. The molecule has 0 bridgehead atoms. The molecule has 7 heteroatoms. The lowest BCUT2D eigenvalue weighted by Gasteiger charge is -2.23. The normalized spacial score (nSPS) is 18.5. The molecule has 0 saturated carbocycles. The van der Waals surface area contributed by atoms with Crippen LogP contribution in [0.3, 0.4) is 0 Å². The lowest BCUT2D eigenvalue weighted by Crippen LogP contribution is -2.45. The number of hydrogen-bond donors (Lipinski definition) is 2. The molecule has 18 heavy (non-hydrogen) atoms. The molecule has 0 aliphatic carbocycles. The lowest BCUT2D eigenvalue weighted by molar-refractivity contribution is -0.142. The van der Waals surface area contributed by atoms with E-state index in [4.69, 9.17) is 5.11 Å². The topological polar surface area (TPSA) is 95.9 Å². The first-order chi connectivity index (χ1) is 8.54. The number of ether oxygens (including phenoxy) is 1. The first-order valence-corrected chi connectivity index (χ1v) is 5.96. The summed E-state index contributed by atoms with van der Waals surface area (Å²) in [4.78, 5) is 34.9. The minimum Gasteiger partial charge on any atom is -0.481 e. The van der Waals surface area contributed by atoms with E-state index in [0.717, 1.165) is 6.42 Å². The van der Waals surface area contributed by atoms with Crippen LogP contribution in [0.15, 0.2) is 0 Å². The van der Waals surface area contributed by atoms with Crippen molar-refractivity contribution >= 4 is 18.0 Å². The molecular formula is C11H18N2O5. The minimum absolute atomic E-state index is 0.0627. The molecule has 1 unspecified atom stereocenters. The third-order valence-corrected chi connectivity index (χ3v) is 2.74. The van der Waals surface area contributed by atoms with Gasteiger partial charge in [0.05, 0.1) is 13.0 Å². The highest BCUT2D eigenvalue weighted by molar-refractivity contribution is 5.81. The van der Waals surface area contributed by atoms with Gasteiger partial charge in [-0.25, -0.2) is 4.79 Å². The van der Waals surface area contributed by atoms with Gasteiger partial charge < -0.3 is 20.1 Å². The van der Waals surface area contributed by atoms with Gasteiger partial charge in [-0.3, -0.25) is 9.59 Å². The highest BCUT2D eigenvalue weighted by Gasteiger charge is 2.30. The Morgan fingerprint density at radius 2 is 2.17 bits per heavy atom. The number of rotatable bonds is 5. The van der Waals surface area contributed by atoms with Crippen molar-refractivity contribution in [2.24, 2.45) is 0 Å². The molecule has 0 aromatic rings. The molecule has 102 valence electrons. The molecule has 0 aromatic heterocycles. The van der Waals surface area contributed by atoms with Crippen LogP contribution < -0.4 is 5.32 Å². The van der Waals surface area contributed by atoms with Crippen LogP contribution in [0.2, 0.25) is 0 Å². The largest absolute Gasteiger partial charge is 0.481 e. The van der Waals surface area contributed by atoms with Gasteiger partial charge in [-0.15, -0.1) is 0 Å². The number of nitrogens with zero attached hydrogens (tertiary/aromatic N) is 1. The van der Waals surface area contributed by atoms with Gasteiger partial charge in [-0.05, 0) is 19.8 Å². The minimum atomic E-state index is -0.926. The smallest absolute Gasteiger partial charge is 0.325 e. The van der Waals surface area contributed by atoms with Crippen LogP contribution in [0.1, 0.15) is 26.2 Å². The molecular weight excluding hydrogens is 240 g/mol. The van der Waals surface area contributed by atoms with Gasteiger partial charge in [0, 0.05) is 12.6 Å². The van der Waals surface area contributed by atoms with Gasteiger partial charge in [0.2, 0.25) is 0 Å². The number of carboxylic acid groups (broad SMARTS) is 1. The van der Waals surface area contributed by atoms with Crippen LogP contribution in [-0.2, 0) is 14.3 Å². The summed E-state index contributed by atoms with van der Waals surface area (Å²) in [5.74, 6) is -1.43. The standard InChI is InChI=1S/C11H18N2O5/c1-2-18-10(16)7-12-11(17)13-5-3-4-8(13)6-9(14)15/h8H,2-7H2,1H3,(H,12,17)(H,14,15). The van der Waals surface area contributed by atoms with E-state index in [1.165, 1.54) is 4.90 Å². The van der Waals surface area contributed by atoms with E-state index >= 15 is 0 Å². The number of amides is 2. The SMILES string of the molecule is CCOC(=O)CNC(=O)N1CCCC1CC(=O)O. The summed E-state index contributed by atoms with van der Waals surface area (Å²) in [6.07, 6.45) is 1.40. The van der Waals surface area contributed by atoms with Crippen LogP contribution in [0.25, 0.3) is 0 Å². The van der Waals surface area contributed by atoms with Gasteiger partial charge in [-0.1, -0.05) is 0 Å². The number of nitrogens with one attached hydrogen (secondary N) is 1. The Kier molecular flexibility index (Phi) is 5.41. The Hall–Kier alpha value is -1.79. The molecule has 1 aliphatic heterocycles. The molecule has 1 fully saturated rings. The predicted molar refractivity (Wildman–Crippen MR) is 62.0 cm³/mol. The maximum Gasteiger partial charge on any atom is 0.325 e. The summed E-state index contributed by atoms with van der Waals surface area (Å²) in [5, 5.41) is 11.2. The summed E-state index contributed by atoms with van der Waals surface area (Å²) < 4.78 is 4.68.